The highest BCUT2D eigenvalue weighted by atomic mass is 16.5. The summed E-state index contributed by atoms with van der Waals surface area (Å²) in [6, 6.07) is 0. The molecule has 1 aliphatic heterocycles. The lowest BCUT2D eigenvalue weighted by atomic mass is 10.0. The molecule has 8 heavy (non-hydrogen) atoms. The molecule has 46 valence electrons. The van der Waals surface area contributed by atoms with Gasteiger partial charge in [-0.1, -0.05) is 0 Å². The first-order chi connectivity index (χ1) is 3.93. The molecule has 0 radical (unpaired) electrons. The van der Waals surface area contributed by atoms with Crippen LogP contribution in [-0.4, -0.2) is 19.4 Å². The lowest BCUT2D eigenvalue weighted by molar-refractivity contribution is 0.0781. The third-order valence-corrected chi connectivity index (χ3v) is 1.43. The molecule has 0 aliphatic carbocycles. The summed E-state index contributed by atoms with van der Waals surface area (Å²) in [6.45, 7) is 1.66. The molecule has 1 heterocycles. The van der Waals surface area contributed by atoms with E-state index in [0.29, 0.717) is 5.92 Å². The van der Waals surface area contributed by atoms with Gasteiger partial charge in [-0.15, -0.1) is 0 Å². The fourth-order valence-electron chi connectivity index (χ4n) is 0.897. The predicted octanol–water partition coefficient (Wildman–Crippen LogP) is 1.06. The van der Waals surface area contributed by atoms with E-state index in [0.717, 1.165) is 26.1 Å². The molecule has 1 aliphatic rings. The van der Waals surface area contributed by atoms with Crippen LogP contribution in [0.25, 0.3) is 0 Å². The van der Waals surface area contributed by atoms with Gasteiger partial charge in [0.05, 0.1) is 6.61 Å². The van der Waals surface area contributed by atoms with E-state index in [1.54, 1.807) is 0 Å². The van der Waals surface area contributed by atoms with Crippen LogP contribution in [0.1, 0.15) is 12.8 Å². The van der Waals surface area contributed by atoms with Crippen molar-refractivity contribution in [3.63, 3.8) is 0 Å². The lowest BCUT2D eigenvalue weighted by Crippen LogP contribution is -2.17. The van der Waals surface area contributed by atoms with Crippen molar-refractivity contribution >= 4 is 6.21 Å². The number of hydrogen-bond donors (Lipinski definition) is 1. The smallest absolute Gasteiger partial charge is 0.0543 e. The second kappa shape index (κ2) is 2.82. The molecule has 0 aromatic carbocycles. The van der Waals surface area contributed by atoms with Gasteiger partial charge in [-0.3, -0.25) is 0 Å². The summed E-state index contributed by atoms with van der Waals surface area (Å²) in [6.07, 6.45) is 3.75. The number of rotatable bonds is 1. The molecular weight excluding hydrogens is 102 g/mol. The maximum Gasteiger partial charge on any atom is 0.0543 e. The zero-order chi connectivity index (χ0) is 5.82. The fourth-order valence-corrected chi connectivity index (χ4v) is 0.897. The third-order valence-electron chi connectivity index (χ3n) is 1.43. The van der Waals surface area contributed by atoms with Gasteiger partial charge in [0.2, 0.25) is 0 Å². The second-order valence-electron chi connectivity index (χ2n) is 2.14. The van der Waals surface area contributed by atoms with Crippen LogP contribution in [0.15, 0.2) is 0 Å². The normalized spacial score (nSPS) is 29.8. The van der Waals surface area contributed by atoms with Crippen molar-refractivity contribution in [3.8, 4) is 0 Å². The van der Waals surface area contributed by atoms with E-state index in [-0.39, 0.29) is 0 Å². The molecule has 1 unspecified atom stereocenters. The van der Waals surface area contributed by atoms with E-state index in [9.17, 15) is 0 Å². The summed E-state index contributed by atoms with van der Waals surface area (Å²) in [5.41, 5.74) is 0. The monoisotopic (exact) mass is 113 g/mol. The molecule has 0 spiro atoms. The minimum atomic E-state index is 0.406. The van der Waals surface area contributed by atoms with Gasteiger partial charge >= 0.3 is 0 Å². The molecule has 0 saturated carbocycles. The summed E-state index contributed by atoms with van der Waals surface area (Å²) in [4.78, 5) is 0. The third kappa shape index (κ3) is 1.30. The van der Waals surface area contributed by atoms with Gasteiger partial charge < -0.3 is 10.1 Å². The van der Waals surface area contributed by atoms with Crippen LogP contribution >= 0.6 is 0 Å². The summed E-state index contributed by atoms with van der Waals surface area (Å²) < 4.78 is 5.12. The van der Waals surface area contributed by atoms with Crippen LogP contribution in [0.3, 0.4) is 0 Å². The first kappa shape index (κ1) is 5.76. The Kier molecular flexibility index (Phi) is 2.03. The molecular formula is C6H11NO. The van der Waals surface area contributed by atoms with Crippen LogP contribution < -0.4 is 0 Å². The van der Waals surface area contributed by atoms with Crippen LogP contribution in [0.5, 0.6) is 0 Å². The van der Waals surface area contributed by atoms with Gasteiger partial charge in [0.25, 0.3) is 0 Å². The SMILES string of the molecule is N=CC1CCCOC1. The van der Waals surface area contributed by atoms with E-state index >= 15 is 0 Å². The van der Waals surface area contributed by atoms with Crippen molar-refractivity contribution in [2.75, 3.05) is 13.2 Å². The van der Waals surface area contributed by atoms with Gasteiger partial charge in [0, 0.05) is 18.7 Å². The molecule has 0 amide bonds. The fraction of sp³-hybridized carbons (Fsp3) is 0.833. The molecule has 1 fully saturated rings. The van der Waals surface area contributed by atoms with E-state index in [4.69, 9.17) is 10.1 Å². The minimum Gasteiger partial charge on any atom is -0.381 e. The zero-order valence-electron chi connectivity index (χ0n) is 4.89. The van der Waals surface area contributed by atoms with Crippen molar-refractivity contribution in [1.82, 2.24) is 0 Å². The van der Waals surface area contributed by atoms with Crippen LogP contribution in [0.4, 0.5) is 0 Å². The van der Waals surface area contributed by atoms with E-state index in [1.807, 2.05) is 0 Å². The minimum absolute atomic E-state index is 0.406. The van der Waals surface area contributed by atoms with Gasteiger partial charge in [-0.25, -0.2) is 0 Å². The van der Waals surface area contributed by atoms with Crippen molar-refractivity contribution < 1.29 is 4.74 Å². The summed E-state index contributed by atoms with van der Waals surface area (Å²) in [5.74, 6) is 0.406. The first-order valence-corrected chi connectivity index (χ1v) is 3.02. The highest BCUT2D eigenvalue weighted by molar-refractivity contribution is 5.56. The maximum absolute atomic E-state index is 6.89. The Morgan fingerprint density at radius 3 is 2.88 bits per heavy atom. The van der Waals surface area contributed by atoms with E-state index in [2.05, 4.69) is 0 Å². The average Bonchev–Trinajstić information content (AvgIpc) is 1.90. The van der Waals surface area contributed by atoms with Crippen molar-refractivity contribution in [1.29, 1.82) is 5.41 Å². The summed E-state index contributed by atoms with van der Waals surface area (Å²) >= 11 is 0. The Bertz CT molecular complexity index is 76.6. The quantitative estimate of drug-likeness (QED) is 0.507. The lowest BCUT2D eigenvalue weighted by Gasteiger charge is -2.16. The van der Waals surface area contributed by atoms with Crippen LogP contribution in [-0.2, 0) is 4.74 Å². The van der Waals surface area contributed by atoms with Crippen molar-refractivity contribution in [3.05, 3.63) is 0 Å². The molecule has 1 rings (SSSR count). The molecule has 2 nitrogen and oxygen atoms in total. The number of nitrogens with one attached hydrogen (secondary N) is 1. The van der Waals surface area contributed by atoms with Crippen LogP contribution in [0.2, 0.25) is 0 Å². The van der Waals surface area contributed by atoms with Gasteiger partial charge in [0.1, 0.15) is 0 Å². The van der Waals surface area contributed by atoms with E-state index < -0.39 is 0 Å². The Morgan fingerprint density at radius 2 is 2.50 bits per heavy atom. The Balaban J connectivity index is 2.22. The predicted molar refractivity (Wildman–Crippen MR) is 32.3 cm³/mol. The molecule has 1 N–H and O–H groups in total. The molecule has 2 heteroatoms. The zero-order valence-corrected chi connectivity index (χ0v) is 4.89. The second-order valence-corrected chi connectivity index (χ2v) is 2.14. The maximum atomic E-state index is 6.89. The Labute approximate surface area is 49.4 Å². The highest BCUT2D eigenvalue weighted by Crippen LogP contribution is 2.09. The van der Waals surface area contributed by atoms with Crippen molar-refractivity contribution in [2.45, 2.75) is 12.8 Å². The molecule has 1 saturated heterocycles. The van der Waals surface area contributed by atoms with E-state index in [1.165, 1.54) is 6.21 Å². The topological polar surface area (TPSA) is 33.1 Å². The van der Waals surface area contributed by atoms with Gasteiger partial charge in [-0.05, 0) is 12.8 Å². The first-order valence-electron chi connectivity index (χ1n) is 3.02. The van der Waals surface area contributed by atoms with Gasteiger partial charge in [-0.2, -0.15) is 0 Å². The number of ether oxygens (including phenoxy) is 1. The molecule has 1 atom stereocenters. The molecule has 0 aromatic rings. The summed E-state index contributed by atoms with van der Waals surface area (Å²) in [5, 5.41) is 6.89. The standard InChI is InChI=1S/C6H11NO/c7-4-6-2-1-3-8-5-6/h4,6-7H,1-3,5H2. The number of hydrogen-bond acceptors (Lipinski definition) is 2. The average molecular weight is 113 g/mol. The van der Waals surface area contributed by atoms with Gasteiger partial charge in [0.15, 0.2) is 0 Å². The highest BCUT2D eigenvalue weighted by Gasteiger charge is 2.09. The molecule has 0 aromatic heterocycles. The Morgan fingerprint density at radius 1 is 1.62 bits per heavy atom. The van der Waals surface area contributed by atoms with Crippen molar-refractivity contribution in [2.24, 2.45) is 5.92 Å². The van der Waals surface area contributed by atoms with Crippen LogP contribution in [0, 0.1) is 11.3 Å². The molecule has 0 bridgehead atoms. The Hall–Kier alpha value is -0.370. The summed E-state index contributed by atoms with van der Waals surface area (Å²) in [7, 11) is 0. The largest absolute Gasteiger partial charge is 0.381 e.